The maximum atomic E-state index is 14.5. The molecular weight excluding hydrogens is 532 g/mol. The molecule has 12 heteroatoms. The molecule has 1 aliphatic heterocycles. The van der Waals surface area contributed by atoms with Crippen molar-refractivity contribution in [3.8, 4) is 33.9 Å². The van der Waals surface area contributed by atoms with Gasteiger partial charge in [-0.1, -0.05) is 6.07 Å². The number of benzene rings is 2. The van der Waals surface area contributed by atoms with E-state index in [9.17, 15) is 18.7 Å². The zero-order valence-electron chi connectivity index (χ0n) is 22.3. The van der Waals surface area contributed by atoms with E-state index in [0.717, 1.165) is 6.07 Å². The monoisotopic (exact) mass is 559 g/mol. The molecule has 4 heterocycles. The number of aliphatic hydroxyl groups excluding tert-OH is 1. The van der Waals surface area contributed by atoms with Crippen molar-refractivity contribution in [1.82, 2.24) is 24.7 Å². The van der Waals surface area contributed by atoms with Gasteiger partial charge < -0.3 is 25.5 Å². The smallest absolute Gasteiger partial charge is 0.340 e. The van der Waals surface area contributed by atoms with E-state index in [2.05, 4.69) is 10.1 Å². The molecule has 0 bridgehead atoms. The van der Waals surface area contributed by atoms with Crippen LogP contribution < -0.4 is 10.6 Å². The number of piperidine rings is 1. The summed E-state index contributed by atoms with van der Waals surface area (Å²) in [6, 6.07) is 9.74. The number of aromatic amines is 1. The highest BCUT2D eigenvalue weighted by Gasteiger charge is 2.32. The Balaban J connectivity index is 1.69. The minimum Gasteiger partial charge on any atom is -0.465 e. The molecule has 10 nitrogen and oxygen atoms in total. The molecule has 1 saturated heterocycles. The van der Waals surface area contributed by atoms with E-state index in [1.807, 2.05) is 4.90 Å². The van der Waals surface area contributed by atoms with Gasteiger partial charge in [0.25, 0.3) is 0 Å². The summed E-state index contributed by atoms with van der Waals surface area (Å²) >= 11 is 0. The van der Waals surface area contributed by atoms with Crippen LogP contribution in [0.4, 0.5) is 14.5 Å². The van der Waals surface area contributed by atoms with Crippen molar-refractivity contribution in [2.24, 2.45) is 12.8 Å². The highest BCUT2D eigenvalue weighted by atomic mass is 19.1. The van der Waals surface area contributed by atoms with E-state index in [4.69, 9.17) is 20.4 Å². The Bertz CT molecular complexity index is 1760. The number of carbonyl (C=O) groups is 1. The molecule has 1 fully saturated rings. The van der Waals surface area contributed by atoms with Gasteiger partial charge in [-0.25, -0.2) is 18.6 Å². The van der Waals surface area contributed by atoms with Gasteiger partial charge in [-0.15, -0.1) is 0 Å². The number of aromatic nitrogens is 5. The number of halogens is 2. The van der Waals surface area contributed by atoms with Crippen LogP contribution in [-0.2, 0) is 11.8 Å². The van der Waals surface area contributed by atoms with Crippen molar-refractivity contribution in [2.45, 2.75) is 18.6 Å². The molecule has 0 aliphatic carbocycles. The van der Waals surface area contributed by atoms with Crippen LogP contribution in [0.25, 0.3) is 44.9 Å². The second kappa shape index (κ2) is 10.4. The minimum atomic E-state index is -0.846. The van der Waals surface area contributed by atoms with Crippen LogP contribution >= 0.6 is 0 Å². The van der Waals surface area contributed by atoms with Crippen molar-refractivity contribution < 1.29 is 23.4 Å². The predicted molar refractivity (Wildman–Crippen MR) is 149 cm³/mol. The molecule has 6 rings (SSSR count). The second-order valence-corrected chi connectivity index (χ2v) is 10.0. The summed E-state index contributed by atoms with van der Waals surface area (Å²) in [5.74, 6) is -1.68. The van der Waals surface area contributed by atoms with Crippen LogP contribution in [0.15, 0.2) is 54.9 Å². The third kappa shape index (κ3) is 4.81. The van der Waals surface area contributed by atoms with Gasteiger partial charge in [-0.05, 0) is 42.3 Å². The van der Waals surface area contributed by atoms with E-state index in [-0.39, 0.29) is 17.7 Å². The number of pyridine rings is 1. The lowest BCUT2D eigenvalue weighted by atomic mass is 9.95. The number of aryl methyl sites for hydroxylation is 1. The van der Waals surface area contributed by atoms with E-state index < -0.39 is 29.7 Å². The van der Waals surface area contributed by atoms with E-state index in [0.29, 0.717) is 58.0 Å². The van der Waals surface area contributed by atoms with Gasteiger partial charge in [0.2, 0.25) is 0 Å². The minimum absolute atomic E-state index is 0.165. The largest absolute Gasteiger partial charge is 0.465 e. The van der Waals surface area contributed by atoms with Gasteiger partial charge >= 0.3 is 5.97 Å². The lowest BCUT2D eigenvalue weighted by Crippen LogP contribution is -2.51. The average Bonchev–Trinajstić information content (AvgIpc) is 3.59. The maximum absolute atomic E-state index is 14.5. The number of ether oxygens (including phenoxy) is 1. The number of hydrogen-bond donors (Lipinski definition) is 3. The summed E-state index contributed by atoms with van der Waals surface area (Å²) in [7, 11) is 3.07. The topological polar surface area (TPSA) is 135 Å². The Morgan fingerprint density at radius 2 is 1.98 bits per heavy atom. The fraction of sp³-hybridized carbons (Fsp3) is 0.241. The van der Waals surface area contributed by atoms with Gasteiger partial charge in [0.05, 0.1) is 35.5 Å². The number of aliphatic hydroxyl groups is 1. The first-order chi connectivity index (χ1) is 19.7. The number of fused-ring (bicyclic) bond motifs is 1. The number of para-hydroxylation sites is 1. The fourth-order valence-corrected chi connectivity index (χ4v) is 5.29. The van der Waals surface area contributed by atoms with Crippen LogP contribution in [0.2, 0.25) is 0 Å². The van der Waals surface area contributed by atoms with E-state index in [1.54, 1.807) is 48.4 Å². The SMILES string of the molecule is COC(=O)c1cccc2[nH]c(-c3c(-c4ccn(C)n4)ncc(-c4cc(F)cc(F)c4)c3N3CC[C@@H](N)[C@@H](O)C3)nc12. The molecule has 41 heavy (non-hydrogen) atoms. The summed E-state index contributed by atoms with van der Waals surface area (Å²) in [5.41, 5.74) is 10.0. The molecule has 0 radical (unpaired) electrons. The third-order valence-corrected chi connectivity index (χ3v) is 7.29. The Morgan fingerprint density at radius 1 is 1.20 bits per heavy atom. The number of anilines is 1. The molecule has 210 valence electrons. The van der Waals surface area contributed by atoms with Crippen LogP contribution in [0, 0.1) is 11.6 Å². The van der Waals surface area contributed by atoms with Crippen molar-refractivity contribution in [1.29, 1.82) is 0 Å². The third-order valence-electron chi connectivity index (χ3n) is 7.29. The number of esters is 1. The molecule has 2 atom stereocenters. The number of H-pyrrole nitrogens is 1. The fourth-order valence-electron chi connectivity index (χ4n) is 5.29. The van der Waals surface area contributed by atoms with Crippen LogP contribution in [0.5, 0.6) is 0 Å². The summed E-state index contributed by atoms with van der Waals surface area (Å²) in [6.45, 7) is 0.619. The molecule has 0 unspecified atom stereocenters. The summed E-state index contributed by atoms with van der Waals surface area (Å²) in [6.07, 6.45) is 2.95. The molecule has 5 aromatic rings. The van der Waals surface area contributed by atoms with Crippen LogP contribution in [-0.4, -0.2) is 68.2 Å². The van der Waals surface area contributed by atoms with E-state index >= 15 is 0 Å². The first kappa shape index (κ1) is 26.5. The summed E-state index contributed by atoms with van der Waals surface area (Å²) in [4.78, 5) is 27.3. The summed E-state index contributed by atoms with van der Waals surface area (Å²) in [5, 5.41) is 15.3. The number of rotatable bonds is 5. The highest BCUT2D eigenvalue weighted by molar-refractivity contribution is 6.04. The average molecular weight is 560 g/mol. The molecule has 0 spiro atoms. The van der Waals surface area contributed by atoms with E-state index in [1.165, 1.54) is 19.2 Å². The van der Waals surface area contributed by atoms with Gasteiger partial charge in [0.1, 0.15) is 34.4 Å². The quantitative estimate of drug-likeness (QED) is 0.278. The molecule has 0 amide bonds. The Morgan fingerprint density at radius 3 is 2.66 bits per heavy atom. The Kier molecular flexibility index (Phi) is 6.72. The standard InChI is InChI=1S/C29H27F2N7O3/c1-37-8-7-22(36-37)26-24(28-34-21-5-3-4-18(25(21)35-28)29(40)41-2)27(38-9-6-20(32)23(39)14-38)19(13-33-26)15-10-16(30)12-17(31)11-15/h3-5,7-8,10-13,20,23,39H,6,9,14,32H2,1-2H3,(H,34,35)/t20-,23+/m1/s1. The van der Waals surface area contributed by atoms with Crippen molar-refractivity contribution in [3.05, 3.63) is 72.1 Å². The highest BCUT2D eigenvalue weighted by Crippen LogP contribution is 2.44. The molecule has 3 aromatic heterocycles. The van der Waals surface area contributed by atoms with Gasteiger partial charge in [-0.2, -0.15) is 5.10 Å². The van der Waals surface area contributed by atoms with Gasteiger partial charge in [0.15, 0.2) is 0 Å². The lowest BCUT2D eigenvalue weighted by molar-refractivity contribution is 0.0602. The predicted octanol–water partition coefficient (Wildman–Crippen LogP) is 3.66. The van der Waals surface area contributed by atoms with Gasteiger partial charge in [-0.3, -0.25) is 9.67 Å². The van der Waals surface area contributed by atoms with Crippen molar-refractivity contribution >= 4 is 22.7 Å². The number of nitrogens with zero attached hydrogens (tertiary/aromatic N) is 5. The van der Waals surface area contributed by atoms with Crippen molar-refractivity contribution in [2.75, 3.05) is 25.1 Å². The molecule has 1 aliphatic rings. The van der Waals surface area contributed by atoms with Crippen LogP contribution in [0.1, 0.15) is 16.8 Å². The summed E-state index contributed by atoms with van der Waals surface area (Å²) < 4.78 is 35.5. The first-order valence-corrected chi connectivity index (χ1v) is 13.0. The number of hydrogen-bond acceptors (Lipinski definition) is 8. The van der Waals surface area contributed by atoms with Crippen LogP contribution in [0.3, 0.4) is 0 Å². The Hall–Kier alpha value is -4.68. The number of imidazole rings is 1. The number of nitrogens with one attached hydrogen (secondary N) is 1. The second-order valence-electron chi connectivity index (χ2n) is 10.0. The maximum Gasteiger partial charge on any atom is 0.340 e. The van der Waals surface area contributed by atoms with Gasteiger partial charge in [0, 0.05) is 50.2 Å². The number of nitrogens with two attached hydrogens (primary N) is 1. The normalized spacial score (nSPS) is 17.3. The first-order valence-electron chi connectivity index (χ1n) is 13.0. The number of methoxy groups -OCH3 is 1. The zero-order valence-corrected chi connectivity index (χ0v) is 22.3. The molecular formula is C29H27F2N7O3. The zero-order chi connectivity index (χ0) is 28.8. The number of carbonyl (C=O) groups excluding carboxylic acids is 1. The number of β-amino-alcohol motifs (C(OH)–C–C–N with tert-alkyl or cyclic N) is 1. The molecule has 4 N–H and O–H groups in total. The lowest BCUT2D eigenvalue weighted by Gasteiger charge is -2.37. The Labute approximate surface area is 233 Å². The molecule has 0 saturated carbocycles. The molecule has 2 aromatic carbocycles. The van der Waals surface area contributed by atoms with Crippen molar-refractivity contribution in [3.63, 3.8) is 0 Å².